The van der Waals surface area contributed by atoms with E-state index in [0.717, 1.165) is 27.8 Å². The zero-order chi connectivity index (χ0) is 19.8. The summed E-state index contributed by atoms with van der Waals surface area (Å²) in [6, 6.07) is 11.5. The molecule has 0 spiro atoms. The Morgan fingerprint density at radius 3 is 2.30 bits per heavy atom. The van der Waals surface area contributed by atoms with Gasteiger partial charge in [-0.3, -0.25) is 0 Å². The van der Waals surface area contributed by atoms with Gasteiger partial charge in [0, 0.05) is 12.6 Å². The predicted octanol–water partition coefficient (Wildman–Crippen LogP) is 3.79. The summed E-state index contributed by atoms with van der Waals surface area (Å²) >= 11 is 0. The molecule has 0 aliphatic carbocycles. The average Bonchev–Trinajstić information content (AvgIpc) is 3.02. The second-order valence-corrected chi connectivity index (χ2v) is 8.85. The minimum Gasteiger partial charge on any atom is -0.338 e. The summed E-state index contributed by atoms with van der Waals surface area (Å²) in [5.41, 5.74) is 4.41. The van der Waals surface area contributed by atoms with Crippen molar-refractivity contribution in [1.29, 1.82) is 0 Å². The molecule has 3 rings (SSSR count). The van der Waals surface area contributed by atoms with Gasteiger partial charge < -0.3 is 4.52 Å². The first-order chi connectivity index (χ1) is 12.7. The van der Waals surface area contributed by atoms with Crippen LogP contribution in [0.2, 0.25) is 0 Å². The van der Waals surface area contributed by atoms with Crippen molar-refractivity contribution in [1.82, 2.24) is 14.4 Å². The molecule has 0 amide bonds. The van der Waals surface area contributed by atoms with E-state index >= 15 is 0 Å². The maximum atomic E-state index is 13.0. The van der Waals surface area contributed by atoms with Gasteiger partial charge in [-0.25, -0.2) is 8.42 Å². The summed E-state index contributed by atoms with van der Waals surface area (Å²) in [7, 11) is -2.15. The van der Waals surface area contributed by atoms with Crippen LogP contribution >= 0.6 is 0 Å². The lowest BCUT2D eigenvalue weighted by Crippen LogP contribution is -2.28. The number of hydrogen-bond donors (Lipinski definition) is 0. The van der Waals surface area contributed by atoms with Crippen LogP contribution in [-0.2, 0) is 16.6 Å². The summed E-state index contributed by atoms with van der Waals surface area (Å²) in [5.74, 6) is 0.696. The predicted molar refractivity (Wildman–Crippen MR) is 104 cm³/mol. The third kappa shape index (κ3) is 3.94. The fourth-order valence-corrected chi connectivity index (χ4v) is 4.75. The van der Waals surface area contributed by atoms with E-state index in [9.17, 15) is 8.42 Å². The fraction of sp³-hybridized carbons (Fsp3) is 0.300. The summed E-state index contributed by atoms with van der Waals surface area (Å²) < 4.78 is 32.6. The molecule has 27 heavy (non-hydrogen) atoms. The standard InChI is InChI=1S/C20H23N3O3S/c1-13-7-6-8-17(11-13)20-21-18(26-22-20)12-23(5)27(24,25)19-15(3)9-14(2)10-16(19)4/h6-11H,12H2,1-5H3. The Kier molecular flexibility index (Phi) is 5.17. The molecule has 0 aliphatic heterocycles. The highest BCUT2D eigenvalue weighted by Gasteiger charge is 2.26. The highest BCUT2D eigenvalue weighted by molar-refractivity contribution is 7.89. The van der Waals surface area contributed by atoms with E-state index in [1.54, 1.807) is 0 Å². The summed E-state index contributed by atoms with van der Waals surface area (Å²) in [5, 5.41) is 3.97. The van der Waals surface area contributed by atoms with Crippen molar-refractivity contribution in [2.45, 2.75) is 39.1 Å². The Labute approximate surface area is 159 Å². The molecule has 6 nitrogen and oxygen atoms in total. The molecule has 3 aromatic rings. The van der Waals surface area contributed by atoms with Crippen LogP contribution in [0.1, 0.15) is 28.1 Å². The molecule has 142 valence electrons. The number of sulfonamides is 1. The van der Waals surface area contributed by atoms with Gasteiger partial charge >= 0.3 is 0 Å². The Bertz CT molecular complexity index is 1060. The topological polar surface area (TPSA) is 76.3 Å². The van der Waals surface area contributed by atoms with Crippen LogP contribution in [0.4, 0.5) is 0 Å². The number of aryl methyl sites for hydroxylation is 4. The van der Waals surface area contributed by atoms with Crippen LogP contribution < -0.4 is 0 Å². The van der Waals surface area contributed by atoms with Crippen molar-refractivity contribution in [2.24, 2.45) is 0 Å². The van der Waals surface area contributed by atoms with Crippen molar-refractivity contribution >= 4 is 10.0 Å². The van der Waals surface area contributed by atoms with Gasteiger partial charge in [-0.1, -0.05) is 46.6 Å². The van der Waals surface area contributed by atoms with E-state index in [1.165, 1.54) is 11.4 Å². The van der Waals surface area contributed by atoms with E-state index in [1.807, 2.05) is 64.1 Å². The molecule has 0 fully saturated rings. The maximum absolute atomic E-state index is 13.0. The first kappa shape index (κ1) is 19.3. The number of benzene rings is 2. The molecule has 1 heterocycles. The number of nitrogens with zero attached hydrogens (tertiary/aromatic N) is 3. The molecule has 0 radical (unpaired) electrons. The summed E-state index contributed by atoms with van der Waals surface area (Å²) in [4.78, 5) is 4.67. The van der Waals surface area contributed by atoms with E-state index in [2.05, 4.69) is 10.1 Å². The van der Waals surface area contributed by atoms with Crippen molar-refractivity contribution < 1.29 is 12.9 Å². The third-order valence-corrected chi connectivity index (χ3v) is 6.48. The molecular weight excluding hydrogens is 362 g/mol. The van der Waals surface area contributed by atoms with Gasteiger partial charge in [0.1, 0.15) is 0 Å². The molecule has 0 unspecified atom stereocenters. The second kappa shape index (κ2) is 7.25. The number of aromatic nitrogens is 2. The van der Waals surface area contributed by atoms with Crippen molar-refractivity contribution in [3.63, 3.8) is 0 Å². The SMILES string of the molecule is Cc1cccc(-c2noc(CN(C)S(=O)(=O)c3c(C)cc(C)cc3C)n2)c1. The van der Waals surface area contributed by atoms with Gasteiger partial charge in [0.25, 0.3) is 0 Å². The lowest BCUT2D eigenvalue weighted by atomic mass is 10.1. The minimum atomic E-state index is -3.67. The van der Waals surface area contributed by atoms with Crippen molar-refractivity contribution in [2.75, 3.05) is 7.05 Å². The number of rotatable bonds is 5. The molecule has 0 aliphatic rings. The van der Waals surface area contributed by atoms with Gasteiger partial charge in [-0.15, -0.1) is 0 Å². The van der Waals surface area contributed by atoms with E-state index in [4.69, 9.17) is 4.52 Å². The molecule has 7 heteroatoms. The smallest absolute Gasteiger partial charge is 0.243 e. The highest BCUT2D eigenvalue weighted by Crippen LogP contribution is 2.26. The zero-order valence-electron chi connectivity index (χ0n) is 16.1. The second-order valence-electron chi connectivity index (χ2n) is 6.87. The van der Waals surface area contributed by atoms with Crippen LogP contribution in [0.15, 0.2) is 45.8 Å². The molecule has 1 aromatic heterocycles. The summed E-state index contributed by atoms with van der Waals surface area (Å²) in [6.07, 6.45) is 0. The minimum absolute atomic E-state index is 0.00784. The maximum Gasteiger partial charge on any atom is 0.243 e. The van der Waals surface area contributed by atoms with Crippen LogP contribution in [-0.4, -0.2) is 29.9 Å². The van der Waals surface area contributed by atoms with Gasteiger partial charge in [-0.05, 0) is 44.9 Å². The first-order valence-electron chi connectivity index (χ1n) is 8.62. The zero-order valence-corrected chi connectivity index (χ0v) is 17.0. The van der Waals surface area contributed by atoms with Crippen molar-refractivity contribution in [3.05, 3.63) is 64.5 Å². The van der Waals surface area contributed by atoms with Crippen LogP contribution in [0.3, 0.4) is 0 Å². The average molecular weight is 385 g/mol. The molecule has 0 saturated carbocycles. The third-order valence-electron chi connectivity index (χ3n) is 4.38. The van der Waals surface area contributed by atoms with E-state index in [0.29, 0.717) is 10.7 Å². The normalized spacial score (nSPS) is 11.9. The van der Waals surface area contributed by atoms with E-state index in [-0.39, 0.29) is 12.4 Å². The largest absolute Gasteiger partial charge is 0.338 e. The highest BCUT2D eigenvalue weighted by atomic mass is 32.2. The fourth-order valence-electron chi connectivity index (χ4n) is 3.23. The van der Waals surface area contributed by atoms with Gasteiger partial charge in [-0.2, -0.15) is 9.29 Å². The van der Waals surface area contributed by atoms with Crippen molar-refractivity contribution in [3.8, 4) is 11.4 Å². The Balaban J connectivity index is 1.86. The quantitative estimate of drug-likeness (QED) is 0.668. The molecule has 0 bridgehead atoms. The molecular formula is C20H23N3O3S. The molecule has 0 N–H and O–H groups in total. The van der Waals surface area contributed by atoms with Gasteiger partial charge in [0.2, 0.25) is 21.7 Å². The molecule has 0 atom stereocenters. The van der Waals surface area contributed by atoms with Crippen LogP contribution in [0, 0.1) is 27.7 Å². The molecule has 0 saturated heterocycles. The monoisotopic (exact) mass is 385 g/mol. The lowest BCUT2D eigenvalue weighted by molar-refractivity contribution is 0.336. The lowest BCUT2D eigenvalue weighted by Gasteiger charge is -2.19. The Hall–Kier alpha value is -2.51. The first-order valence-corrected chi connectivity index (χ1v) is 10.1. The molecule has 2 aromatic carbocycles. The van der Waals surface area contributed by atoms with Crippen LogP contribution in [0.25, 0.3) is 11.4 Å². The summed E-state index contributed by atoms with van der Waals surface area (Å²) in [6.45, 7) is 7.56. The van der Waals surface area contributed by atoms with Gasteiger partial charge in [0.05, 0.1) is 11.4 Å². The Morgan fingerprint density at radius 1 is 1.00 bits per heavy atom. The van der Waals surface area contributed by atoms with Crippen LogP contribution in [0.5, 0.6) is 0 Å². The van der Waals surface area contributed by atoms with E-state index < -0.39 is 10.0 Å². The van der Waals surface area contributed by atoms with Gasteiger partial charge in [0.15, 0.2) is 0 Å². The number of hydrogen-bond acceptors (Lipinski definition) is 5. The Morgan fingerprint density at radius 2 is 1.67 bits per heavy atom.